The Morgan fingerprint density at radius 2 is 1.88 bits per heavy atom. The summed E-state index contributed by atoms with van der Waals surface area (Å²) in [6.07, 6.45) is -8.55. The topological polar surface area (TPSA) is 260 Å². The van der Waals surface area contributed by atoms with Gasteiger partial charge < -0.3 is 40.6 Å². The van der Waals surface area contributed by atoms with E-state index in [0.29, 0.717) is 0 Å². The molecular weight excluding hydrogens is 607 g/mol. The first-order valence-electron chi connectivity index (χ1n) is 12.4. The number of hydrogen-bond acceptors (Lipinski definition) is 15. The molecule has 2 saturated heterocycles. The summed E-state index contributed by atoms with van der Waals surface area (Å²) < 4.78 is 49.7. The first-order chi connectivity index (χ1) is 20.0. The highest BCUT2D eigenvalue weighted by molar-refractivity contribution is 8.09. The maximum absolute atomic E-state index is 15.5. The van der Waals surface area contributed by atoms with Gasteiger partial charge in [-0.1, -0.05) is 5.21 Å². The van der Waals surface area contributed by atoms with E-state index in [1.165, 1.54) is 17.2 Å². The Labute approximate surface area is 237 Å². The quantitative estimate of drug-likeness (QED) is 0.120. The van der Waals surface area contributed by atoms with Crippen LogP contribution in [0.4, 0.5) is 20.5 Å². The van der Waals surface area contributed by atoms with Crippen molar-refractivity contribution in [2.45, 2.75) is 55.2 Å². The fourth-order valence-electron chi connectivity index (χ4n) is 5.04. The molecule has 226 valence electrons. The number of anilines is 2. The number of nitrogens with zero attached hydrogens (tertiary/aromatic N) is 8. The largest absolute Gasteiger partial charge is 0.394 e. The van der Waals surface area contributed by atoms with Gasteiger partial charge in [-0.25, -0.2) is 23.7 Å². The summed E-state index contributed by atoms with van der Waals surface area (Å²) in [7, 11) is 0. The summed E-state index contributed by atoms with van der Waals surface area (Å²) in [5, 5.41) is 27.7. The highest BCUT2D eigenvalue weighted by atomic mass is 32.5. The number of aromatic nitrogens is 9. The average molecular weight is 632 g/mol. The molecule has 0 spiro atoms. The van der Waals surface area contributed by atoms with Crippen molar-refractivity contribution in [2.75, 3.05) is 24.7 Å². The maximum atomic E-state index is 15.5. The molecule has 4 aromatic heterocycles. The van der Waals surface area contributed by atoms with E-state index in [1.807, 2.05) is 0 Å². The molecule has 0 aliphatic carbocycles. The Hall–Kier alpha value is -3.30. The number of aliphatic hydroxyl groups excluding tert-OH is 2. The fraction of sp³-hybridized carbons (Fsp3) is 0.550. The van der Waals surface area contributed by atoms with Gasteiger partial charge >= 0.3 is 0 Å². The van der Waals surface area contributed by atoms with Crippen LogP contribution in [-0.2, 0) is 25.8 Å². The number of aliphatic hydroxyl groups is 2. The van der Waals surface area contributed by atoms with Crippen LogP contribution in [0.15, 0.2) is 17.4 Å². The summed E-state index contributed by atoms with van der Waals surface area (Å²) in [6.45, 7) is -5.28. The van der Waals surface area contributed by atoms with Crippen molar-refractivity contribution in [3.05, 3.63) is 23.0 Å². The number of fused-ring (bicyclic) bond motifs is 2. The van der Waals surface area contributed by atoms with Crippen LogP contribution in [0.5, 0.6) is 0 Å². The molecule has 6 rings (SSSR count). The number of H-pyrrole nitrogens is 1. The van der Waals surface area contributed by atoms with E-state index >= 15 is 8.78 Å². The van der Waals surface area contributed by atoms with Gasteiger partial charge in [0.1, 0.15) is 35.9 Å². The van der Waals surface area contributed by atoms with E-state index in [0.717, 1.165) is 4.68 Å². The lowest BCUT2D eigenvalue weighted by Crippen LogP contribution is -2.32. The van der Waals surface area contributed by atoms with Crippen molar-refractivity contribution in [2.24, 2.45) is 0 Å². The normalized spacial score (nSPS) is 31.3. The minimum absolute atomic E-state index is 0.0834. The van der Waals surface area contributed by atoms with Gasteiger partial charge in [0.05, 0.1) is 25.6 Å². The Morgan fingerprint density at radius 3 is 2.64 bits per heavy atom. The van der Waals surface area contributed by atoms with Crippen molar-refractivity contribution in [3.8, 4) is 0 Å². The van der Waals surface area contributed by atoms with Crippen LogP contribution >= 0.6 is 6.49 Å². The molecule has 0 radical (unpaired) electrons. The second-order valence-corrected chi connectivity index (χ2v) is 13.2. The van der Waals surface area contributed by atoms with Gasteiger partial charge in [-0.2, -0.15) is 9.67 Å². The van der Waals surface area contributed by atoms with E-state index in [1.54, 1.807) is 0 Å². The number of nitrogens with one attached hydrogen (secondary N) is 1. The van der Waals surface area contributed by atoms with Crippen LogP contribution in [0.2, 0.25) is 0 Å². The molecule has 2 aliphatic rings. The van der Waals surface area contributed by atoms with E-state index in [2.05, 4.69) is 35.2 Å². The molecule has 1 unspecified atom stereocenters. The molecule has 0 saturated carbocycles. The SMILES string of the molecule is Nc1nc2c(nnn2[C@@H]2O[C@H](CO)[C@@H](F)[C@H]2P(O)(=S)OCC[C@H]2O[C@@H](n3cnc4c(N)ncnc43)[C@@H](F)[C@@H]2O)c(=O)[nH]1. The highest BCUT2D eigenvalue weighted by Gasteiger charge is 2.54. The monoisotopic (exact) mass is 631 g/mol. The lowest BCUT2D eigenvalue weighted by Gasteiger charge is -2.27. The number of imidazole rings is 1. The number of alkyl halides is 2. The zero-order valence-corrected chi connectivity index (χ0v) is 22.9. The number of hydrogen-bond donors (Lipinski definition) is 6. The molecule has 6 heterocycles. The standard InChI is InChI=1S/C20H24F2N11O7PS/c21-8-7(3-34)40-19(33-16-11(30-31-33)17(36)29-20(24)28-16)13(8)41(37,42)38-2-1-6-12(35)9(22)18(39-6)32-5-27-10-14(23)25-4-26-15(10)32/h4-9,12-13,18-19,34-35H,1-3H2,(H,37,42)(H2,23,25,26)(H3,24,28,29,36)/t6-,7-,8-,9+,12-,13-,18-,19-,41?/m1/s1. The van der Waals surface area contributed by atoms with Crippen LogP contribution in [0, 0.1) is 0 Å². The third-order valence-electron chi connectivity index (χ3n) is 7.07. The third kappa shape index (κ3) is 4.71. The Morgan fingerprint density at radius 1 is 1.12 bits per heavy atom. The molecule has 18 nitrogen and oxygen atoms in total. The predicted octanol–water partition coefficient (Wildman–Crippen LogP) is -1.58. The Bertz CT molecular complexity index is 1740. The van der Waals surface area contributed by atoms with Gasteiger partial charge in [0.15, 0.2) is 47.7 Å². The minimum atomic E-state index is -4.13. The zero-order valence-electron chi connectivity index (χ0n) is 21.2. The molecule has 9 atom stereocenters. The molecule has 4 aromatic rings. The number of rotatable bonds is 8. The van der Waals surface area contributed by atoms with Crippen LogP contribution in [0.25, 0.3) is 22.3 Å². The van der Waals surface area contributed by atoms with Gasteiger partial charge in [-0.15, -0.1) is 5.10 Å². The lowest BCUT2D eigenvalue weighted by molar-refractivity contribution is -0.0380. The predicted molar refractivity (Wildman–Crippen MR) is 142 cm³/mol. The number of halogens is 2. The first kappa shape index (κ1) is 28.8. The summed E-state index contributed by atoms with van der Waals surface area (Å²) in [6, 6.07) is 0. The fourth-order valence-corrected chi connectivity index (χ4v) is 7.53. The summed E-state index contributed by atoms with van der Waals surface area (Å²) in [4.78, 5) is 41.5. The molecule has 0 aromatic carbocycles. The maximum Gasteiger partial charge on any atom is 0.282 e. The molecule has 42 heavy (non-hydrogen) atoms. The van der Waals surface area contributed by atoms with E-state index < -0.39 is 67.4 Å². The van der Waals surface area contributed by atoms with Crippen LogP contribution < -0.4 is 17.0 Å². The molecule has 2 aliphatic heterocycles. The summed E-state index contributed by atoms with van der Waals surface area (Å²) in [5.74, 6) is -0.194. The summed E-state index contributed by atoms with van der Waals surface area (Å²) in [5.41, 5.74) is 9.12. The molecular formula is C20H24F2N11O7PS. The van der Waals surface area contributed by atoms with Gasteiger partial charge in [-0.3, -0.25) is 14.3 Å². The second kappa shape index (κ2) is 10.8. The van der Waals surface area contributed by atoms with Crippen LogP contribution in [0.1, 0.15) is 18.9 Å². The number of ether oxygens (including phenoxy) is 2. The Kier molecular flexibility index (Phi) is 7.38. The van der Waals surface area contributed by atoms with Crippen molar-refractivity contribution in [1.29, 1.82) is 0 Å². The van der Waals surface area contributed by atoms with Gasteiger partial charge in [-0.05, 0) is 11.8 Å². The molecule has 8 N–H and O–H groups in total. The van der Waals surface area contributed by atoms with E-state index in [-0.39, 0.29) is 47.1 Å². The molecule has 2 fully saturated rings. The first-order valence-corrected chi connectivity index (χ1v) is 15.1. The Balaban J connectivity index is 1.19. The number of nitrogens with two attached hydrogens (primary N) is 2. The van der Waals surface area contributed by atoms with Crippen molar-refractivity contribution < 1.29 is 37.9 Å². The van der Waals surface area contributed by atoms with Gasteiger partial charge in [0.2, 0.25) is 5.95 Å². The number of aromatic amines is 1. The molecule has 0 amide bonds. The van der Waals surface area contributed by atoms with E-state index in [4.69, 9.17) is 37.3 Å². The minimum Gasteiger partial charge on any atom is -0.394 e. The number of nitrogen functional groups attached to an aromatic ring is 2. The smallest absolute Gasteiger partial charge is 0.282 e. The molecule has 22 heteroatoms. The lowest BCUT2D eigenvalue weighted by atomic mass is 10.1. The van der Waals surface area contributed by atoms with Crippen LogP contribution in [0.3, 0.4) is 0 Å². The van der Waals surface area contributed by atoms with Gasteiger partial charge in [0.25, 0.3) is 5.56 Å². The summed E-state index contributed by atoms with van der Waals surface area (Å²) >= 11 is 5.30. The second-order valence-electron chi connectivity index (χ2n) is 9.61. The van der Waals surface area contributed by atoms with Crippen molar-refractivity contribution >= 4 is 52.4 Å². The third-order valence-corrected chi connectivity index (χ3v) is 9.96. The van der Waals surface area contributed by atoms with Crippen LogP contribution in [-0.4, -0.2) is 109 Å². The van der Waals surface area contributed by atoms with Gasteiger partial charge in [0, 0.05) is 6.42 Å². The van der Waals surface area contributed by atoms with Crippen molar-refractivity contribution in [3.63, 3.8) is 0 Å². The van der Waals surface area contributed by atoms with Crippen molar-refractivity contribution in [1.82, 2.24) is 44.5 Å². The molecule has 0 bridgehead atoms. The highest BCUT2D eigenvalue weighted by Crippen LogP contribution is 2.58. The zero-order chi connectivity index (χ0) is 29.9. The average Bonchev–Trinajstić information content (AvgIpc) is 3.70. The van der Waals surface area contributed by atoms with E-state index in [9.17, 15) is 19.9 Å².